The average Bonchev–Trinajstić information content (AvgIpc) is 3.06. The van der Waals surface area contributed by atoms with Crippen LogP contribution >= 0.6 is 0 Å². The maximum absolute atomic E-state index is 10.5. The van der Waals surface area contributed by atoms with Crippen molar-refractivity contribution in [3.8, 4) is 0 Å². The number of aliphatic carboxylic acids is 1. The van der Waals surface area contributed by atoms with Gasteiger partial charge in [0, 0.05) is 32.3 Å². The van der Waals surface area contributed by atoms with Gasteiger partial charge in [-0.25, -0.2) is 0 Å². The van der Waals surface area contributed by atoms with Gasteiger partial charge in [0.15, 0.2) is 0 Å². The third-order valence-electron chi connectivity index (χ3n) is 9.97. The fourth-order valence-electron chi connectivity index (χ4n) is 7.10. The summed E-state index contributed by atoms with van der Waals surface area (Å²) >= 11 is 0. The van der Waals surface area contributed by atoms with E-state index in [-0.39, 0.29) is 0 Å². The van der Waals surface area contributed by atoms with Gasteiger partial charge in [0.2, 0.25) is 0 Å². The van der Waals surface area contributed by atoms with Crippen LogP contribution in [0.4, 0.5) is 0 Å². The number of carboxylic acids is 1. The second kappa shape index (κ2) is 39.4. The van der Waals surface area contributed by atoms with E-state index < -0.39 is 14.8 Å². The molecular formula is C42H86O5Si. The van der Waals surface area contributed by atoms with Gasteiger partial charge in [0.25, 0.3) is 0 Å². The summed E-state index contributed by atoms with van der Waals surface area (Å²) < 4.78 is 17.9. The lowest BCUT2D eigenvalue weighted by molar-refractivity contribution is -0.137. The minimum atomic E-state index is -2.43. The van der Waals surface area contributed by atoms with Crippen molar-refractivity contribution in [2.45, 2.75) is 245 Å². The predicted octanol–water partition coefficient (Wildman–Crippen LogP) is 14.4. The summed E-state index contributed by atoms with van der Waals surface area (Å²) in [6, 6.07) is 0.967. The molecule has 0 rings (SSSR count). The van der Waals surface area contributed by atoms with E-state index in [1.54, 1.807) is 0 Å². The molecule has 0 bridgehead atoms. The van der Waals surface area contributed by atoms with E-state index in [4.69, 9.17) is 18.4 Å². The summed E-state index contributed by atoms with van der Waals surface area (Å²) in [6.07, 6.45) is 45.7. The molecular weight excluding hydrogens is 613 g/mol. The van der Waals surface area contributed by atoms with Crippen LogP contribution in [0.2, 0.25) is 6.04 Å². The maximum atomic E-state index is 10.5. The molecule has 0 aromatic heterocycles. The lowest BCUT2D eigenvalue weighted by atomic mass is 10.0. The van der Waals surface area contributed by atoms with Crippen LogP contribution in [0.5, 0.6) is 0 Å². The first-order valence-electron chi connectivity index (χ1n) is 21.7. The Morgan fingerprint density at radius 3 is 0.729 bits per heavy atom. The van der Waals surface area contributed by atoms with Crippen molar-refractivity contribution in [1.29, 1.82) is 0 Å². The molecule has 0 aromatic carbocycles. The van der Waals surface area contributed by atoms with Crippen LogP contribution in [0.3, 0.4) is 0 Å². The van der Waals surface area contributed by atoms with Crippen molar-refractivity contribution in [1.82, 2.24) is 0 Å². The molecule has 0 atom stereocenters. The zero-order valence-electron chi connectivity index (χ0n) is 33.0. The van der Waals surface area contributed by atoms with E-state index in [0.717, 1.165) is 25.3 Å². The van der Waals surface area contributed by atoms with E-state index in [2.05, 4.69) is 0 Å². The molecule has 0 amide bonds. The van der Waals surface area contributed by atoms with Gasteiger partial charge in [0.05, 0.1) is 0 Å². The topological polar surface area (TPSA) is 65.0 Å². The molecule has 0 saturated carbocycles. The molecule has 0 unspecified atom stereocenters. The van der Waals surface area contributed by atoms with Crippen LogP contribution in [0.25, 0.3) is 0 Å². The summed E-state index contributed by atoms with van der Waals surface area (Å²) in [5, 5.41) is 8.65. The Labute approximate surface area is 302 Å². The van der Waals surface area contributed by atoms with Gasteiger partial charge in [-0.2, -0.15) is 0 Å². The number of carbonyl (C=O) groups is 1. The van der Waals surface area contributed by atoms with Crippen molar-refractivity contribution in [2.75, 3.05) is 19.8 Å². The molecule has 0 fully saturated rings. The van der Waals surface area contributed by atoms with E-state index in [1.807, 2.05) is 20.8 Å². The molecule has 1 N–H and O–H groups in total. The van der Waals surface area contributed by atoms with Crippen LogP contribution in [0.1, 0.15) is 239 Å². The molecule has 5 nitrogen and oxygen atoms in total. The Hall–Kier alpha value is -0.433. The fourth-order valence-corrected chi connectivity index (χ4v) is 9.78. The highest BCUT2D eigenvalue weighted by molar-refractivity contribution is 6.60. The highest BCUT2D eigenvalue weighted by Crippen LogP contribution is 2.21. The van der Waals surface area contributed by atoms with Gasteiger partial charge < -0.3 is 18.4 Å². The largest absolute Gasteiger partial charge is 0.500 e. The van der Waals surface area contributed by atoms with Gasteiger partial charge in [0.1, 0.15) is 0 Å². The van der Waals surface area contributed by atoms with Crippen molar-refractivity contribution in [3.05, 3.63) is 0 Å². The first kappa shape index (κ1) is 47.6. The Bertz CT molecular complexity index is 614. The highest BCUT2D eigenvalue weighted by atomic mass is 28.4. The molecule has 288 valence electrons. The Kier molecular flexibility index (Phi) is 39.0. The van der Waals surface area contributed by atoms with Crippen LogP contribution in [-0.2, 0) is 18.1 Å². The molecule has 0 aliphatic rings. The van der Waals surface area contributed by atoms with E-state index >= 15 is 0 Å². The molecule has 0 aliphatic heterocycles. The zero-order chi connectivity index (χ0) is 35.1. The van der Waals surface area contributed by atoms with Crippen molar-refractivity contribution >= 4 is 14.8 Å². The first-order valence-corrected chi connectivity index (χ1v) is 23.7. The Morgan fingerprint density at radius 2 is 0.542 bits per heavy atom. The fraction of sp³-hybridized carbons (Fsp3) is 0.976. The molecule has 6 heteroatoms. The molecule has 0 saturated heterocycles. The lowest BCUT2D eigenvalue weighted by Crippen LogP contribution is -2.45. The van der Waals surface area contributed by atoms with Gasteiger partial charge in [-0.15, -0.1) is 0 Å². The predicted molar refractivity (Wildman–Crippen MR) is 210 cm³/mol. The number of hydrogen-bond donors (Lipinski definition) is 1. The number of unbranched alkanes of at least 4 members (excludes halogenated alkanes) is 32. The van der Waals surface area contributed by atoms with Gasteiger partial charge in [-0.1, -0.05) is 199 Å². The van der Waals surface area contributed by atoms with Crippen molar-refractivity contribution in [2.24, 2.45) is 0 Å². The quantitative estimate of drug-likeness (QED) is 0.0508. The second-order valence-electron chi connectivity index (χ2n) is 14.5. The number of hydrogen-bond acceptors (Lipinski definition) is 4. The summed E-state index contributed by atoms with van der Waals surface area (Å²) in [6.45, 7) is 8.16. The van der Waals surface area contributed by atoms with Crippen LogP contribution in [0, 0.1) is 0 Å². The third-order valence-corrected chi connectivity index (χ3v) is 13.1. The Balaban J connectivity index is 3.21. The zero-order valence-corrected chi connectivity index (χ0v) is 34.0. The monoisotopic (exact) mass is 699 g/mol. The molecule has 0 spiro atoms. The van der Waals surface area contributed by atoms with Gasteiger partial charge in [-0.05, 0) is 33.6 Å². The van der Waals surface area contributed by atoms with Crippen molar-refractivity contribution < 1.29 is 23.2 Å². The first-order chi connectivity index (χ1) is 23.6. The highest BCUT2D eigenvalue weighted by Gasteiger charge is 2.39. The normalized spacial score (nSPS) is 11.9. The maximum Gasteiger partial charge on any atom is 0.500 e. The SMILES string of the molecule is CCO[Si](CCCCCCCCCCCCCCCCCCCCCCCCCCCCCCCCCCCC(=O)O)(OCC)OCC. The summed E-state index contributed by atoms with van der Waals surface area (Å²) in [4.78, 5) is 10.5. The van der Waals surface area contributed by atoms with E-state index in [9.17, 15) is 4.79 Å². The number of rotatable bonds is 42. The Morgan fingerprint density at radius 1 is 0.354 bits per heavy atom. The summed E-state index contributed by atoms with van der Waals surface area (Å²) in [5.41, 5.74) is 0. The van der Waals surface area contributed by atoms with E-state index in [0.29, 0.717) is 26.2 Å². The average molecular weight is 699 g/mol. The minimum absolute atomic E-state index is 0.342. The molecule has 0 heterocycles. The standard InChI is InChI=1S/C42H86O5Si/c1-4-45-48(46-5-2,47-6-3)41-39-37-35-33-31-29-27-25-23-21-19-17-15-13-11-9-7-8-10-12-14-16-18-20-22-24-26-28-30-32-34-36-38-40-42(43)44/h4-41H2,1-3H3,(H,43,44). The van der Waals surface area contributed by atoms with E-state index in [1.165, 1.54) is 193 Å². The smallest absolute Gasteiger partial charge is 0.481 e. The third kappa shape index (κ3) is 35.4. The van der Waals surface area contributed by atoms with Gasteiger partial charge >= 0.3 is 14.8 Å². The summed E-state index contributed by atoms with van der Waals surface area (Å²) in [7, 11) is -2.43. The lowest BCUT2D eigenvalue weighted by Gasteiger charge is -2.28. The van der Waals surface area contributed by atoms with Crippen molar-refractivity contribution in [3.63, 3.8) is 0 Å². The van der Waals surface area contributed by atoms with Gasteiger partial charge in [-0.3, -0.25) is 4.79 Å². The molecule has 0 aromatic rings. The second-order valence-corrected chi connectivity index (χ2v) is 17.3. The summed E-state index contributed by atoms with van der Waals surface area (Å²) in [5.74, 6) is -0.650. The van der Waals surface area contributed by atoms with Crippen LogP contribution < -0.4 is 0 Å². The minimum Gasteiger partial charge on any atom is -0.481 e. The van der Waals surface area contributed by atoms with Crippen LogP contribution in [0.15, 0.2) is 0 Å². The van der Waals surface area contributed by atoms with Crippen LogP contribution in [-0.4, -0.2) is 39.7 Å². The molecule has 0 radical (unpaired) electrons. The molecule has 0 aliphatic carbocycles. The molecule has 48 heavy (non-hydrogen) atoms. The number of carboxylic acid groups (broad SMARTS) is 1.